The summed E-state index contributed by atoms with van der Waals surface area (Å²) in [5.41, 5.74) is 2.32. The zero-order chi connectivity index (χ0) is 19.6. The minimum Gasteiger partial charge on any atom is -0.346 e. The monoisotopic (exact) mass is 370 g/mol. The van der Waals surface area contributed by atoms with E-state index in [1.807, 2.05) is 26.2 Å². The average molecular weight is 370 g/mol. The zero-order valence-electron chi connectivity index (χ0n) is 15.7. The van der Waals surface area contributed by atoms with Gasteiger partial charge in [0.1, 0.15) is 11.7 Å². The van der Waals surface area contributed by atoms with Crippen LogP contribution in [0.2, 0.25) is 0 Å². The summed E-state index contributed by atoms with van der Waals surface area (Å²) in [6.45, 7) is 3.92. The van der Waals surface area contributed by atoms with Gasteiger partial charge in [-0.25, -0.2) is 0 Å². The second kappa shape index (κ2) is 7.44. The number of aromatic nitrogens is 6. The lowest BCUT2D eigenvalue weighted by molar-refractivity contribution is -0.119. The van der Waals surface area contributed by atoms with Crippen LogP contribution in [-0.4, -0.2) is 41.2 Å². The third kappa shape index (κ3) is 4.05. The number of anilines is 1. The van der Waals surface area contributed by atoms with Gasteiger partial charge in [0.2, 0.25) is 5.91 Å². The molecule has 0 spiro atoms. The molecular weight excluding hydrogens is 348 g/mol. The Labute approximate surface area is 156 Å². The minimum atomic E-state index is -0.523. The second-order valence-corrected chi connectivity index (χ2v) is 6.34. The highest BCUT2D eigenvalue weighted by Crippen LogP contribution is 2.17. The molecule has 2 N–H and O–H groups in total. The lowest BCUT2D eigenvalue weighted by Gasteiger charge is -2.13. The molecule has 27 heavy (non-hydrogen) atoms. The van der Waals surface area contributed by atoms with Crippen molar-refractivity contribution >= 4 is 17.5 Å². The third-order valence-corrected chi connectivity index (χ3v) is 4.14. The number of nitrogens with one attached hydrogen (secondary N) is 2. The molecule has 0 aliphatic heterocycles. The van der Waals surface area contributed by atoms with E-state index in [1.54, 1.807) is 35.7 Å². The van der Waals surface area contributed by atoms with Crippen LogP contribution in [0.25, 0.3) is 0 Å². The lowest BCUT2D eigenvalue weighted by Crippen LogP contribution is -2.28. The maximum Gasteiger partial charge on any atom is 0.271 e. The molecule has 3 aromatic rings. The van der Waals surface area contributed by atoms with Gasteiger partial charge in [0.25, 0.3) is 5.91 Å². The molecule has 3 heterocycles. The second-order valence-electron chi connectivity index (χ2n) is 6.34. The van der Waals surface area contributed by atoms with Crippen LogP contribution in [0.4, 0.5) is 5.69 Å². The van der Waals surface area contributed by atoms with E-state index in [9.17, 15) is 9.59 Å². The van der Waals surface area contributed by atoms with Gasteiger partial charge in [-0.2, -0.15) is 15.3 Å². The Morgan fingerprint density at radius 1 is 1.22 bits per heavy atom. The van der Waals surface area contributed by atoms with Gasteiger partial charge < -0.3 is 10.6 Å². The number of aryl methyl sites for hydroxylation is 3. The first-order valence-corrected chi connectivity index (χ1v) is 8.45. The molecule has 0 saturated heterocycles. The molecule has 0 saturated carbocycles. The summed E-state index contributed by atoms with van der Waals surface area (Å²) in [6.07, 6.45) is 6.70. The molecule has 3 rings (SSSR count). The normalized spacial score (nSPS) is 12.0. The van der Waals surface area contributed by atoms with Crippen molar-refractivity contribution in [2.75, 3.05) is 5.32 Å². The summed E-state index contributed by atoms with van der Waals surface area (Å²) in [7, 11) is 3.46. The van der Waals surface area contributed by atoms with Gasteiger partial charge in [0, 0.05) is 38.6 Å². The molecule has 0 bridgehead atoms. The van der Waals surface area contributed by atoms with Crippen molar-refractivity contribution in [3.05, 3.63) is 47.8 Å². The number of amides is 2. The molecule has 1 unspecified atom stereocenters. The van der Waals surface area contributed by atoms with E-state index in [1.165, 1.54) is 10.9 Å². The quantitative estimate of drug-likeness (QED) is 0.666. The summed E-state index contributed by atoms with van der Waals surface area (Å²) < 4.78 is 4.66. The van der Waals surface area contributed by atoms with E-state index < -0.39 is 6.04 Å². The lowest BCUT2D eigenvalue weighted by atomic mass is 10.2. The standard InChI is InChI=1S/C17H22N8O2/c1-11-5-6-25(22-11)12(2)16(26)21-14-9-20-24(4)15(14)17(27)18-7-13-8-19-23(3)10-13/h5-6,8-10,12H,7H2,1-4H3,(H,18,27)(H,21,26). The molecule has 0 radical (unpaired) electrons. The van der Waals surface area contributed by atoms with E-state index in [4.69, 9.17) is 0 Å². The van der Waals surface area contributed by atoms with Crippen molar-refractivity contribution in [3.8, 4) is 0 Å². The first-order valence-electron chi connectivity index (χ1n) is 8.45. The zero-order valence-corrected chi connectivity index (χ0v) is 15.7. The van der Waals surface area contributed by atoms with Gasteiger partial charge in [-0.15, -0.1) is 0 Å². The Balaban J connectivity index is 1.70. The summed E-state index contributed by atoms with van der Waals surface area (Å²) in [4.78, 5) is 25.1. The molecule has 0 fully saturated rings. The summed E-state index contributed by atoms with van der Waals surface area (Å²) in [5, 5.41) is 18.0. The molecule has 0 aromatic carbocycles. The van der Waals surface area contributed by atoms with Gasteiger partial charge in [-0.05, 0) is 19.9 Å². The first kappa shape index (κ1) is 18.4. The van der Waals surface area contributed by atoms with E-state index >= 15 is 0 Å². The Morgan fingerprint density at radius 2 is 2.00 bits per heavy atom. The average Bonchev–Trinajstić information content (AvgIpc) is 3.33. The number of nitrogens with zero attached hydrogens (tertiary/aromatic N) is 6. The summed E-state index contributed by atoms with van der Waals surface area (Å²) in [6, 6.07) is 1.30. The third-order valence-electron chi connectivity index (χ3n) is 4.14. The van der Waals surface area contributed by atoms with Crippen molar-refractivity contribution < 1.29 is 9.59 Å². The van der Waals surface area contributed by atoms with Crippen LogP contribution in [0.1, 0.15) is 34.7 Å². The Bertz CT molecular complexity index is 967. The van der Waals surface area contributed by atoms with Crippen LogP contribution in [0, 0.1) is 6.92 Å². The summed E-state index contributed by atoms with van der Waals surface area (Å²) >= 11 is 0. The molecule has 0 aliphatic rings. The highest BCUT2D eigenvalue weighted by Gasteiger charge is 2.22. The van der Waals surface area contributed by atoms with Crippen LogP contribution in [-0.2, 0) is 25.4 Å². The van der Waals surface area contributed by atoms with Crippen LogP contribution in [0.5, 0.6) is 0 Å². The number of hydrogen-bond donors (Lipinski definition) is 2. The van der Waals surface area contributed by atoms with Crippen molar-refractivity contribution in [2.45, 2.75) is 26.4 Å². The van der Waals surface area contributed by atoms with Gasteiger partial charge in [-0.3, -0.25) is 23.6 Å². The molecule has 142 valence electrons. The van der Waals surface area contributed by atoms with Gasteiger partial charge >= 0.3 is 0 Å². The van der Waals surface area contributed by atoms with Crippen molar-refractivity contribution in [2.24, 2.45) is 14.1 Å². The van der Waals surface area contributed by atoms with Crippen molar-refractivity contribution in [1.29, 1.82) is 0 Å². The number of rotatable bonds is 6. The van der Waals surface area contributed by atoms with Gasteiger partial charge in [0.05, 0.1) is 23.8 Å². The maximum atomic E-state index is 12.6. The molecule has 10 nitrogen and oxygen atoms in total. The fourth-order valence-corrected chi connectivity index (χ4v) is 2.63. The van der Waals surface area contributed by atoms with E-state index in [0.717, 1.165) is 11.3 Å². The van der Waals surface area contributed by atoms with E-state index in [2.05, 4.69) is 25.9 Å². The first-order chi connectivity index (χ1) is 12.8. The largest absolute Gasteiger partial charge is 0.346 e. The predicted octanol–water partition coefficient (Wildman–Crippen LogP) is 0.788. The molecule has 2 amide bonds. The Kier molecular flexibility index (Phi) is 5.06. The maximum absolute atomic E-state index is 12.6. The van der Waals surface area contributed by atoms with E-state index in [-0.39, 0.29) is 17.5 Å². The van der Waals surface area contributed by atoms with Crippen LogP contribution in [0.3, 0.4) is 0 Å². The predicted molar refractivity (Wildman–Crippen MR) is 97.9 cm³/mol. The van der Waals surface area contributed by atoms with Crippen molar-refractivity contribution in [1.82, 2.24) is 34.7 Å². The fourth-order valence-electron chi connectivity index (χ4n) is 2.63. The van der Waals surface area contributed by atoms with E-state index in [0.29, 0.717) is 12.2 Å². The molecule has 0 aliphatic carbocycles. The number of carbonyl (C=O) groups is 2. The highest BCUT2D eigenvalue weighted by molar-refractivity contribution is 6.03. The van der Waals surface area contributed by atoms with Crippen molar-refractivity contribution in [3.63, 3.8) is 0 Å². The van der Waals surface area contributed by atoms with Crippen LogP contribution >= 0.6 is 0 Å². The molecule has 10 heteroatoms. The molecule has 1 atom stereocenters. The minimum absolute atomic E-state index is 0.274. The fraction of sp³-hybridized carbons (Fsp3) is 0.353. The van der Waals surface area contributed by atoms with Crippen LogP contribution < -0.4 is 10.6 Å². The SMILES string of the molecule is Cc1ccn(C(C)C(=O)Nc2cnn(C)c2C(=O)NCc2cnn(C)c2)n1. The van der Waals surface area contributed by atoms with Crippen LogP contribution in [0.15, 0.2) is 30.9 Å². The van der Waals surface area contributed by atoms with Gasteiger partial charge in [-0.1, -0.05) is 0 Å². The Morgan fingerprint density at radius 3 is 2.63 bits per heavy atom. The van der Waals surface area contributed by atoms with Gasteiger partial charge in [0.15, 0.2) is 0 Å². The highest BCUT2D eigenvalue weighted by atomic mass is 16.2. The smallest absolute Gasteiger partial charge is 0.271 e. The number of hydrogen-bond acceptors (Lipinski definition) is 5. The topological polar surface area (TPSA) is 112 Å². The number of carbonyl (C=O) groups excluding carboxylic acids is 2. The molecular formula is C17H22N8O2. The molecule has 3 aromatic heterocycles. The summed E-state index contributed by atoms with van der Waals surface area (Å²) in [5.74, 6) is -0.621. The Hall–Kier alpha value is -3.43.